The van der Waals surface area contributed by atoms with Gasteiger partial charge in [0, 0.05) is 19.2 Å². The third kappa shape index (κ3) is 3.84. The standard InChI is InChI=1S/C10H17N3O2S/c1-7(2)6-8-11-12-10(13(8)3)16-5-4-9(14)15/h7H,4-6H2,1-3H3,(H,14,15). The van der Waals surface area contributed by atoms with Crippen molar-refractivity contribution in [2.75, 3.05) is 5.75 Å². The van der Waals surface area contributed by atoms with Gasteiger partial charge in [-0.1, -0.05) is 25.6 Å². The zero-order chi connectivity index (χ0) is 12.1. The Kier molecular flexibility index (Phi) is 4.79. The van der Waals surface area contributed by atoms with Gasteiger partial charge in [-0.05, 0) is 5.92 Å². The van der Waals surface area contributed by atoms with Crippen molar-refractivity contribution in [3.63, 3.8) is 0 Å². The molecule has 0 saturated carbocycles. The molecule has 0 radical (unpaired) electrons. The summed E-state index contributed by atoms with van der Waals surface area (Å²) in [6.07, 6.45) is 1.04. The molecule has 0 atom stereocenters. The number of carbonyl (C=O) groups is 1. The zero-order valence-electron chi connectivity index (χ0n) is 9.80. The maximum absolute atomic E-state index is 10.4. The molecule has 1 rings (SSSR count). The second-order valence-corrected chi connectivity index (χ2v) is 5.11. The van der Waals surface area contributed by atoms with E-state index in [0.717, 1.165) is 17.4 Å². The van der Waals surface area contributed by atoms with E-state index in [1.807, 2.05) is 11.6 Å². The minimum Gasteiger partial charge on any atom is -0.481 e. The largest absolute Gasteiger partial charge is 0.481 e. The van der Waals surface area contributed by atoms with E-state index in [1.165, 1.54) is 11.8 Å². The first-order valence-corrected chi connectivity index (χ1v) is 6.22. The molecule has 1 heterocycles. The molecule has 0 fully saturated rings. The van der Waals surface area contributed by atoms with E-state index in [-0.39, 0.29) is 6.42 Å². The molecule has 0 aliphatic heterocycles. The van der Waals surface area contributed by atoms with Crippen LogP contribution in [0, 0.1) is 5.92 Å². The fraction of sp³-hybridized carbons (Fsp3) is 0.700. The van der Waals surface area contributed by atoms with Crippen LogP contribution in [0.3, 0.4) is 0 Å². The van der Waals surface area contributed by atoms with Crippen LogP contribution in [0.4, 0.5) is 0 Å². The predicted molar refractivity (Wildman–Crippen MR) is 62.5 cm³/mol. The summed E-state index contributed by atoms with van der Waals surface area (Å²) in [7, 11) is 1.92. The first-order valence-electron chi connectivity index (χ1n) is 5.23. The smallest absolute Gasteiger partial charge is 0.304 e. The third-order valence-corrected chi connectivity index (χ3v) is 3.08. The summed E-state index contributed by atoms with van der Waals surface area (Å²) in [4.78, 5) is 10.4. The van der Waals surface area contributed by atoms with Crippen molar-refractivity contribution in [2.24, 2.45) is 13.0 Å². The molecule has 1 aromatic heterocycles. The van der Waals surface area contributed by atoms with Gasteiger partial charge in [0.15, 0.2) is 5.16 Å². The highest BCUT2D eigenvalue weighted by atomic mass is 32.2. The predicted octanol–water partition coefficient (Wildman–Crippen LogP) is 1.58. The van der Waals surface area contributed by atoms with Crippen molar-refractivity contribution in [3.8, 4) is 0 Å². The van der Waals surface area contributed by atoms with E-state index >= 15 is 0 Å². The van der Waals surface area contributed by atoms with E-state index in [4.69, 9.17) is 5.11 Å². The van der Waals surface area contributed by atoms with Crippen molar-refractivity contribution < 1.29 is 9.90 Å². The van der Waals surface area contributed by atoms with Crippen LogP contribution in [0.5, 0.6) is 0 Å². The summed E-state index contributed by atoms with van der Waals surface area (Å²) in [5, 5.41) is 17.5. The van der Waals surface area contributed by atoms with Gasteiger partial charge in [-0.25, -0.2) is 0 Å². The third-order valence-electron chi connectivity index (χ3n) is 2.06. The summed E-state index contributed by atoms with van der Waals surface area (Å²) in [5.74, 6) is 1.24. The van der Waals surface area contributed by atoms with Gasteiger partial charge in [-0.2, -0.15) is 0 Å². The Labute approximate surface area is 99.3 Å². The lowest BCUT2D eigenvalue weighted by atomic mass is 10.1. The monoisotopic (exact) mass is 243 g/mol. The summed E-state index contributed by atoms with van der Waals surface area (Å²) >= 11 is 1.43. The zero-order valence-corrected chi connectivity index (χ0v) is 10.6. The Morgan fingerprint density at radius 3 is 2.75 bits per heavy atom. The minimum absolute atomic E-state index is 0.150. The number of hydrogen-bond donors (Lipinski definition) is 1. The quantitative estimate of drug-likeness (QED) is 0.768. The van der Waals surface area contributed by atoms with Crippen LogP contribution < -0.4 is 0 Å². The number of carboxylic acids is 1. The average Bonchev–Trinajstić information content (AvgIpc) is 2.48. The van der Waals surface area contributed by atoms with Crippen LogP contribution in [0.2, 0.25) is 0 Å². The van der Waals surface area contributed by atoms with E-state index in [9.17, 15) is 4.79 Å². The molecule has 1 aromatic rings. The van der Waals surface area contributed by atoms with Crippen molar-refractivity contribution >= 4 is 17.7 Å². The van der Waals surface area contributed by atoms with Gasteiger partial charge in [0.1, 0.15) is 5.82 Å². The second kappa shape index (κ2) is 5.89. The van der Waals surface area contributed by atoms with E-state index in [2.05, 4.69) is 24.0 Å². The van der Waals surface area contributed by atoms with Gasteiger partial charge in [-0.15, -0.1) is 10.2 Å². The molecule has 6 heteroatoms. The Bertz CT molecular complexity index is 363. The van der Waals surface area contributed by atoms with Gasteiger partial charge in [0.2, 0.25) is 0 Å². The molecule has 0 amide bonds. The molecule has 0 saturated heterocycles. The Morgan fingerprint density at radius 2 is 2.19 bits per heavy atom. The topological polar surface area (TPSA) is 68.0 Å². The van der Waals surface area contributed by atoms with Gasteiger partial charge >= 0.3 is 5.97 Å². The lowest BCUT2D eigenvalue weighted by molar-refractivity contribution is -0.136. The summed E-state index contributed by atoms with van der Waals surface area (Å²) in [6.45, 7) is 4.26. The molecular weight excluding hydrogens is 226 g/mol. The molecular formula is C10H17N3O2S. The Balaban J connectivity index is 2.54. The molecule has 0 aliphatic carbocycles. The molecule has 1 N–H and O–H groups in total. The van der Waals surface area contributed by atoms with Crippen molar-refractivity contribution in [1.82, 2.24) is 14.8 Å². The Hall–Kier alpha value is -1.04. The lowest BCUT2D eigenvalue weighted by Gasteiger charge is -2.04. The molecule has 0 spiro atoms. The van der Waals surface area contributed by atoms with Gasteiger partial charge in [0.05, 0.1) is 6.42 Å². The maximum atomic E-state index is 10.4. The molecule has 0 aliphatic rings. The SMILES string of the molecule is CC(C)Cc1nnc(SCCC(=O)O)n1C. The van der Waals surface area contributed by atoms with Crippen LogP contribution in [-0.4, -0.2) is 31.6 Å². The molecule has 0 aromatic carbocycles. The number of aliphatic carboxylic acids is 1. The normalized spacial score (nSPS) is 11.0. The number of hydrogen-bond acceptors (Lipinski definition) is 4. The van der Waals surface area contributed by atoms with Crippen molar-refractivity contribution in [2.45, 2.75) is 31.8 Å². The van der Waals surface area contributed by atoms with Gasteiger partial charge in [-0.3, -0.25) is 4.79 Å². The number of nitrogens with zero attached hydrogens (tertiary/aromatic N) is 3. The highest BCUT2D eigenvalue weighted by molar-refractivity contribution is 7.99. The van der Waals surface area contributed by atoms with Gasteiger partial charge < -0.3 is 9.67 Å². The number of thioether (sulfide) groups is 1. The highest BCUT2D eigenvalue weighted by Crippen LogP contribution is 2.17. The highest BCUT2D eigenvalue weighted by Gasteiger charge is 2.10. The molecule has 90 valence electrons. The molecule has 16 heavy (non-hydrogen) atoms. The van der Waals surface area contributed by atoms with Crippen molar-refractivity contribution in [3.05, 3.63) is 5.82 Å². The van der Waals surface area contributed by atoms with Crippen LogP contribution in [0.25, 0.3) is 0 Å². The summed E-state index contributed by atoms with van der Waals surface area (Å²) in [5.41, 5.74) is 0. The van der Waals surface area contributed by atoms with E-state index < -0.39 is 5.97 Å². The van der Waals surface area contributed by atoms with E-state index in [1.54, 1.807) is 0 Å². The van der Waals surface area contributed by atoms with Crippen LogP contribution in [-0.2, 0) is 18.3 Å². The second-order valence-electron chi connectivity index (χ2n) is 4.05. The van der Waals surface area contributed by atoms with Gasteiger partial charge in [0.25, 0.3) is 0 Å². The molecule has 5 nitrogen and oxygen atoms in total. The minimum atomic E-state index is -0.780. The summed E-state index contributed by atoms with van der Waals surface area (Å²) in [6, 6.07) is 0. The van der Waals surface area contributed by atoms with Crippen molar-refractivity contribution in [1.29, 1.82) is 0 Å². The van der Waals surface area contributed by atoms with Crippen LogP contribution in [0.15, 0.2) is 5.16 Å². The Morgan fingerprint density at radius 1 is 1.50 bits per heavy atom. The summed E-state index contributed by atoms with van der Waals surface area (Å²) < 4.78 is 1.94. The number of aromatic nitrogens is 3. The maximum Gasteiger partial charge on any atom is 0.304 e. The fourth-order valence-corrected chi connectivity index (χ4v) is 2.10. The first-order chi connectivity index (χ1) is 7.50. The van der Waals surface area contributed by atoms with Crippen LogP contribution in [0.1, 0.15) is 26.1 Å². The average molecular weight is 243 g/mol. The fourth-order valence-electron chi connectivity index (χ4n) is 1.24. The number of rotatable bonds is 6. The van der Waals surface area contributed by atoms with E-state index in [0.29, 0.717) is 11.7 Å². The first kappa shape index (κ1) is 13.0. The number of carboxylic acid groups (broad SMARTS) is 1. The molecule has 0 unspecified atom stereocenters. The molecule has 0 bridgehead atoms. The van der Waals surface area contributed by atoms with Crippen LogP contribution >= 0.6 is 11.8 Å². The lowest BCUT2D eigenvalue weighted by Crippen LogP contribution is -2.04.